The molecule has 5 rings (SSSR count). The zero-order chi connectivity index (χ0) is 28.3. The summed E-state index contributed by atoms with van der Waals surface area (Å²) in [5.41, 5.74) is 5.53. The van der Waals surface area contributed by atoms with Crippen LogP contribution in [0.3, 0.4) is 0 Å². The average Bonchev–Trinajstić information content (AvgIpc) is 3.03. The summed E-state index contributed by atoms with van der Waals surface area (Å²) in [6, 6.07) is 38.9. The van der Waals surface area contributed by atoms with Crippen LogP contribution in [0.4, 0.5) is 0 Å². The van der Waals surface area contributed by atoms with E-state index in [2.05, 4.69) is 0 Å². The molecule has 0 aliphatic rings. The Labute approximate surface area is 240 Å². The lowest BCUT2D eigenvalue weighted by molar-refractivity contribution is -0.147. The van der Waals surface area contributed by atoms with Gasteiger partial charge in [0.15, 0.2) is 6.61 Å². The van der Waals surface area contributed by atoms with Crippen LogP contribution in [-0.4, -0.2) is 17.6 Å². The Kier molecular flexibility index (Phi) is 9.25. The van der Waals surface area contributed by atoms with E-state index in [9.17, 15) is 4.79 Å². The number of nitrogens with zero attached hydrogens (tertiary/aromatic N) is 1. The number of rotatable bonds is 12. The molecule has 6 heteroatoms. The molecule has 4 aromatic carbocycles. The molecule has 0 aliphatic heterocycles. The molecular formula is C35H31NO5. The van der Waals surface area contributed by atoms with Crippen molar-refractivity contribution in [2.75, 3.05) is 6.61 Å². The summed E-state index contributed by atoms with van der Waals surface area (Å²) in [5.74, 6) is 1.05. The van der Waals surface area contributed by atoms with E-state index < -0.39 is 5.97 Å². The van der Waals surface area contributed by atoms with Gasteiger partial charge in [-0.25, -0.2) is 4.79 Å². The van der Waals surface area contributed by atoms with E-state index in [4.69, 9.17) is 23.9 Å². The third-order valence-electron chi connectivity index (χ3n) is 6.45. The van der Waals surface area contributed by atoms with Gasteiger partial charge in [0.05, 0.1) is 0 Å². The predicted octanol–water partition coefficient (Wildman–Crippen LogP) is 7.34. The summed E-state index contributed by atoms with van der Waals surface area (Å²) in [6.07, 6.45) is 0. The van der Waals surface area contributed by atoms with Crippen LogP contribution >= 0.6 is 0 Å². The van der Waals surface area contributed by atoms with E-state index >= 15 is 0 Å². The normalized spacial score (nSPS) is 10.6. The number of carbonyl (C=O) groups excluding carboxylic acids is 1. The van der Waals surface area contributed by atoms with Gasteiger partial charge in [-0.3, -0.25) is 0 Å². The Bertz CT molecular complexity index is 1560. The van der Waals surface area contributed by atoms with Gasteiger partial charge in [-0.15, -0.1) is 0 Å². The van der Waals surface area contributed by atoms with Gasteiger partial charge in [-0.2, -0.15) is 4.98 Å². The monoisotopic (exact) mass is 545 g/mol. The number of pyridine rings is 1. The minimum atomic E-state index is -0.438. The molecule has 0 aliphatic carbocycles. The first kappa shape index (κ1) is 27.5. The highest BCUT2D eigenvalue weighted by atomic mass is 16.6. The van der Waals surface area contributed by atoms with Crippen LogP contribution in [0.5, 0.6) is 17.5 Å². The van der Waals surface area contributed by atoms with Gasteiger partial charge >= 0.3 is 5.97 Å². The summed E-state index contributed by atoms with van der Waals surface area (Å²) < 4.78 is 23.4. The molecule has 0 N–H and O–H groups in total. The van der Waals surface area contributed by atoms with E-state index in [0.717, 1.165) is 33.4 Å². The van der Waals surface area contributed by atoms with E-state index in [0.29, 0.717) is 30.7 Å². The van der Waals surface area contributed by atoms with Gasteiger partial charge in [0.25, 0.3) is 0 Å². The maximum absolute atomic E-state index is 12.3. The quantitative estimate of drug-likeness (QED) is 0.153. The molecule has 41 heavy (non-hydrogen) atoms. The number of hydrogen-bond donors (Lipinski definition) is 0. The molecule has 0 unspecified atom stereocenters. The third kappa shape index (κ3) is 7.73. The van der Waals surface area contributed by atoms with Gasteiger partial charge in [0, 0.05) is 11.6 Å². The van der Waals surface area contributed by atoms with Crippen molar-refractivity contribution in [3.8, 4) is 28.6 Å². The Morgan fingerprint density at radius 3 is 1.80 bits per heavy atom. The molecule has 0 bridgehead atoms. The first-order valence-corrected chi connectivity index (χ1v) is 13.4. The average molecular weight is 546 g/mol. The second-order valence-electron chi connectivity index (χ2n) is 9.41. The minimum Gasteiger partial charge on any atom is -0.482 e. The van der Waals surface area contributed by atoms with Crippen molar-refractivity contribution in [2.45, 2.75) is 26.7 Å². The molecule has 6 nitrogen and oxygen atoms in total. The predicted molar refractivity (Wildman–Crippen MR) is 158 cm³/mol. The number of hydrogen-bond acceptors (Lipinski definition) is 6. The lowest BCUT2D eigenvalue weighted by atomic mass is 10.0. The zero-order valence-corrected chi connectivity index (χ0v) is 22.9. The molecule has 206 valence electrons. The standard InChI is InChI=1S/C35H31NO5/c1-26-30(18-11-19-32(26)38-25-34(37)40-23-28-14-7-3-8-15-28)31-20-21-33(39-22-27-12-5-2-6-13-27)36-35(31)41-24-29-16-9-4-10-17-29/h2-21H,22-25H2,1H3. The van der Waals surface area contributed by atoms with Gasteiger partial charge < -0.3 is 18.9 Å². The fourth-order valence-electron chi connectivity index (χ4n) is 4.26. The second-order valence-corrected chi connectivity index (χ2v) is 9.41. The van der Waals surface area contributed by atoms with Crippen LogP contribution in [0.25, 0.3) is 11.1 Å². The Balaban J connectivity index is 1.33. The summed E-state index contributed by atoms with van der Waals surface area (Å²) in [4.78, 5) is 17.1. The van der Waals surface area contributed by atoms with Crippen LogP contribution in [0.15, 0.2) is 121 Å². The number of aromatic nitrogens is 1. The van der Waals surface area contributed by atoms with E-state index in [1.165, 1.54) is 0 Å². The first-order chi connectivity index (χ1) is 20.2. The summed E-state index contributed by atoms with van der Waals surface area (Å²) in [7, 11) is 0. The zero-order valence-electron chi connectivity index (χ0n) is 22.9. The number of ether oxygens (including phenoxy) is 4. The highest BCUT2D eigenvalue weighted by molar-refractivity contribution is 5.75. The molecule has 0 saturated heterocycles. The molecule has 0 amide bonds. The smallest absolute Gasteiger partial charge is 0.344 e. The van der Waals surface area contributed by atoms with E-state index in [-0.39, 0.29) is 13.2 Å². The lowest BCUT2D eigenvalue weighted by Crippen LogP contribution is -2.15. The largest absolute Gasteiger partial charge is 0.482 e. The topological polar surface area (TPSA) is 66.9 Å². The molecule has 0 radical (unpaired) electrons. The lowest BCUT2D eigenvalue weighted by Gasteiger charge is -2.16. The molecule has 0 spiro atoms. The number of benzene rings is 4. The van der Waals surface area contributed by atoms with Crippen LogP contribution in [0, 0.1) is 6.92 Å². The fourth-order valence-corrected chi connectivity index (χ4v) is 4.26. The van der Waals surface area contributed by atoms with Crippen molar-refractivity contribution in [1.82, 2.24) is 4.98 Å². The molecule has 0 saturated carbocycles. The van der Waals surface area contributed by atoms with Crippen LogP contribution in [0.1, 0.15) is 22.3 Å². The molecule has 1 aromatic heterocycles. The maximum Gasteiger partial charge on any atom is 0.344 e. The van der Waals surface area contributed by atoms with Crippen LogP contribution in [0.2, 0.25) is 0 Å². The summed E-state index contributed by atoms with van der Waals surface area (Å²) in [5, 5.41) is 0. The van der Waals surface area contributed by atoms with Crippen molar-refractivity contribution >= 4 is 5.97 Å². The van der Waals surface area contributed by atoms with Gasteiger partial charge in [-0.1, -0.05) is 103 Å². The van der Waals surface area contributed by atoms with Crippen molar-refractivity contribution in [1.29, 1.82) is 0 Å². The van der Waals surface area contributed by atoms with Crippen molar-refractivity contribution in [2.24, 2.45) is 0 Å². The summed E-state index contributed by atoms with van der Waals surface area (Å²) in [6.45, 7) is 2.70. The van der Waals surface area contributed by atoms with E-state index in [1.807, 2.05) is 128 Å². The maximum atomic E-state index is 12.3. The number of carbonyl (C=O) groups is 1. The second kappa shape index (κ2) is 13.8. The van der Waals surface area contributed by atoms with Crippen LogP contribution < -0.4 is 14.2 Å². The molecule has 1 heterocycles. The van der Waals surface area contributed by atoms with Crippen molar-refractivity contribution < 1.29 is 23.7 Å². The molecular weight excluding hydrogens is 514 g/mol. The first-order valence-electron chi connectivity index (χ1n) is 13.4. The Hall–Kier alpha value is -5.10. The Morgan fingerprint density at radius 1 is 0.585 bits per heavy atom. The van der Waals surface area contributed by atoms with Crippen molar-refractivity contribution in [3.05, 3.63) is 144 Å². The van der Waals surface area contributed by atoms with Gasteiger partial charge in [-0.05, 0) is 46.9 Å². The molecule has 0 atom stereocenters. The SMILES string of the molecule is Cc1c(OCC(=O)OCc2ccccc2)cccc1-c1ccc(OCc2ccccc2)nc1OCc1ccccc1. The minimum absolute atomic E-state index is 0.195. The number of esters is 1. The fraction of sp³-hybridized carbons (Fsp3) is 0.143. The van der Waals surface area contributed by atoms with E-state index in [1.54, 1.807) is 0 Å². The molecule has 5 aromatic rings. The molecule has 0 fully saturated rings. The van der Waals surface area contributed by atoms with Crippen molar-refractivity contribution in [3.63, 3.8) is 0 Å². The third-order valence-corrected chi connectivity index (χ3v) is 6.45. The highest BCUT2D eigenvalue weighted by Crippen LogP contribution is 2.36. The van der Waals surface area contributed by atoms with Gasteiger partial charge in [0.1, 0.15) is 25.6 Å². The van der Waals surface area contributed by atoms with Crippen LogP contribution in [-0.2, 0) is 29.4 Å². The summed E-state index contributed by atoms with van der Waals surface area (Å²) >= 11 is 0. The van der Waals surface area contributed by atoms with Gasteiger partial charge in [0.2, 0.25) is 11.8 Å². The Morgan fingerprint density at radius 2 is 1.17 bits per heavy atom. The highest BCUT2D eigenvalue weighted by Gasteiger charge is 2.16.